The zero-order chi connectivity index (χ0) is 21.4. The zero-order valence-electron chi connectivity index (χ0n) is 16.9. The van der Waals surface area contributed by atoms with Crippen molar-refractivity contribution in [2.24, 2.45) is 0 Å². The molecule has 3 aromatic carbocycles. The van der Waals surface area contributed by atoms with Gasteiger partial charge in [-0.15, -0.1) is 0 Å². The Bertz CT molecular complexity index is 1140. The minimum atomic E-state index is -1.14. The average Bonchev–Trinajstić information content (AvgIpc) is 2.72. The van der Waals surface area contributed by atoms with Crippen molar-refractivity contribution in [2.75, 3.05) is 7.11 Å². The third-order valence-corrected chi connectivity index (χ3v) is 4.94. The highest BCUT2D eigenvalue weighted by Crippen LogP contribution is 2.45. The van der Waals surface area contributed by atoms with Gasteiger partial charge in [0.15, 0.2) is 11.5 Å². The molecule has 1 aliphatic rings. The van der Waals surface area contributed by atoms with Crippen LogP contribution in [0.3, 0.4) is 0 Å². The Hall–Kier alpha value is -3.54. The Balaban J connectivity index is 1.91. The number of carboxylic acid groups (broad SMARTS) is 1. The van der Waals surface area contributed by atoms with Crippen molar-refractivity contribution in [3.05, 3.63) is 65.5 Å². The van der Waals surface area contributed by atoms with Crippen molar-refractivity contribution in [3.63, 3.8) is 0 Å². The second kappa shape index (κ2) is 7.71. The maximum atomic E-state index is 14.4. The van der Waals surface area contributed by atoms with Crippen LogP contribution < -0.4 is 14.2 Å². The lowest BCUT2D eigenvalue weighted by Gasteiger charge is -2.25. The number of methoxy groups -OCH3 is 1. The minimum absolute atomic E-state index is 0.00299. The first kappa shape index (κ1) is 19.8. The summed E-state index contributed by atoms with van der Waals surface area (Å²) in [5, 5.41) is 9.80. The molecule has 0 saturated heterocycles. The smallest absolute Gasteiger partial charge is 0.336 e. The first-order valence-electron chi connectivity index (χ1n) is 9.56. The first-order valence-corrected chi connectivity index (χ1v) is 9.56. The lowest BCUT2D eigenvalue weighted by Crippen LogP contribution is -2.11. The lowest BCUT2D eigenvalue weighted by atomic mass is 9.90. The molecule has 0 saturated carbocycles. The fourth-order valence-corrected chi connectivity index (χ4v) is 3.62. The second-order valence-corrected chi connectivity index (χ2v) is 7.29. The van der Waals surface area contributed by atoms with Crippen LogP contribution in [0.4, 0.5) is 4.39 Å². The molecule has 0 radical (unpaired) electrons. The highest BCUT2D eigenvalue weighted by molar-refractivity contribution is 5.99. The molecule has 1 N–H and O–H groups in total. The van der Waals surface area contributed by atoms with Gasteiger partial charge in [0.25, 0.3) is 0 Å². The molecular formula is C24H21FO5. The van der Waals surface area contributed by atoms with Gasteiger partial charge < -0.3 is 19.3 Å². The fraction of sp³-hybridized carbons (Fsp3) is 0.208. The average molecular weight is 408 g/mol. The van der Waals surface area contributed by atoms with E-state index in [9.17, 15) is 14.3 Å². The summed E-state index contributed by atoms with van der Waals surface area (Å²) in [4.78, 5) is 12.0. The number of hydrogen-bond donors (Lipinski definition) is 1. The van der Waals surface area contributed by atoms with Crippen LogP contribution in [-0.4, -0.2) is 24.3 Å². The lowest BCUT2D eigenvalue weighted by molar-refractivity contribution is 0.0697. The van der Waals surface area contributed by atoms with E-state index in [4.69, 9.17) is 14.2 Å². The summed E-state index contributed by atoms with van der Waals surface area (Å²) >= 11 is 0. The van der Waals surface area contributed by atoms with E-state index in [-0.39, 0.29) is 29.4 Å². The van der Waals surface area contributed by atoms with Gasteiger partial charge in [0.2, 0.25) is 0 Å². The van der Waals surface area contributed by atoms with Crippen molar-refractivity contribution in [2.45, 2.75) is 26.6 Å². The molecule has 5 nitrogen and oxygen atoms in total. The largest absolute Gasteiger partial charge is 0.493 e. The predicted molar refractivity (Wildman–Crippen MR) is 111 cm³/mol. The Morgan fingerprint density at radius 2 is 1.80 bits per heavy atom. The van der Waals surface area contributed by atoms with Crippen LogP contribution in [0.1, 0.15) is 29.8 Å². The molecule has 154 valence electrons. The van der Waals surface area contributed by atoms with E-state index in [0.717, 1.165) is 11.1 Å². The molecule has 30 heavy (non-hydrogen) atoms. The van der Waals surface area contributed by atoms with Crippen molar-refractivity contribution in [3.8, 4) is 39.5 Å². The zero-order valence-corrected chi connectivity index (χ0v) is 16.9. The van der Waals surface area contributed by atoms with Gasteiger partial charge in [-0.25, -0.2) is 9.18 Å². The Morgan fingerprint density at radius 3 is 2.47 bits per heavy atom. The highest BCUT2D eigenvalue weighted by Gasteiger charge is 2.25. The van der Waals surface area contributed by atoms with Crippen LogP contribution >= 0.6 is 0 Å². The molecule has 6 heteroatoms. The minimum Gasteiger partial charge on any atom is -0.493 e. The van der Waals surface area contributed by atoms with Crippen molar-refractivity contribution in [1.82, 2.24) is 0 Å². The SMILES string of the molecule is COc1cc2c(cc1OC(C)C)COc1cc(-c3ccccc3F)c(C(=O)O)cc1-2. The van der Waals surface area contributed by atoms with Gasteiger partial charge in [-0.05, 0) is 49.7 Å². The third-order valence-electron chi connectivity index (χ3n) is 4.94. The van der Waals surface area contributed by atoms with Gasteiger partial charge in [0.05, 0.1) is 18.8 Å². The van der Waals surface area contributed by atoms with E-state index in [1.165, 1.54) is 12.1 Å². The maximum Gasteiger partial charge on any atom is 0.336 e. The Morgan fingerprint density at radius 1 is 1.03 bits per heavy atom. The van der Waals surface area contributed by atoms with Gasteiger partial charge in [-0.1, -0.05) is 18.2 Å². The van der Waals surface area contributed by atoms with Gasteiger partial charge in [-0.3, -0.25) is 0 Å². The molecule has 0 atom stereocenters. The molecule has 0 amide bonds. The van der Waals surface area contributed by atoms with Gasteiger partial charge >= 0.3 is 5.97 Å². The predicted octanol–water partition coefficient (Wildman–Crippen LogP) is 5.55. The molecule has 3 aromatic rings. The van der Waals surface area contributed by atoms with Gasteiger partial charge in [-0.2, -0.15) is 0 Å². The number of carbonyl (C=O) groups is 1. The molecule has 0 bridgehead atoms. The van der Waals surface area contributed by atoms with Crippen LogP contribution in [0.25, 0.3) is 22.3 Å². The summed E-state index contributed by atoms with van der Waals surface area (Å²) < 4.78 is 31.6. The number of fused-ring (bicyclic) bond motifs is 3. The quantitative estimate of drug-likeness (QED) is 0.600. The molecule has 4 rings (SSSR count). The van der Waals surface area contributed by atoms with Crippen LogP contribution in [0.5, 0.6) is 17.2 Å². The van der Waals surface area contributed by atoms with E-state index in [1.54, 1.807) is 31.4 Å². The van der Waals surface area contributed by atoms with Crippen LogP contribution in [-0.2, 0) is 6.61 Å². The number of ether oxygens (including phenoxy) is 3. The summed E-state index contributed by atoms with van der Waals surface area (Å²) in [6.45, 7) is 4.13. The van der Waals surface area contributed by atoms with Gasteiger partial charge in [0.1, 0.15) is 18.2 Å². The third kappa shape index (κ3) is 3.45. The fourth-order valence-electron chi connectivity index (χ4n) is 3.62. The molecule has 0 spiro atoms. The number of hydrogen-bond acceptors (Lipinski definition) is 4. The first-order chi connectivity index (χ1) is 14.4. The summed E-state index contributed by atoms with van der Waals surface area (Å²) in [6, 6.07) is 12.9. The topological polar surface area (TPSA) is 65.0 Å². The summed E-state index contributed by atoms with van der Waals surface area (Å²) in [7, 11) is 1.55. The normalized spacial score (nSPS) is 12.0. The number of carboxylic acids is 1. The van der Waals surface area contributed by atoms with E-state index < -0.39 is 11.8 Å². The summed E-state index contributed by atoms with van der Waals surface area (Å²) in [6.07, 6.45) is -0.0318. The molecule has 1 aliphatic heterocycles. The maximum absolute atomic E-state index is 14.4. The van der Waals surface area contributed by atoms with E-state index in [1.807, 2.05) is 26.0 Å². The van der Waals surface area contributed by atoms with Crippen molar-refractivity contribution in [1.29, 1.82) is 0 Å². The standard InChI is InChI=1S/C24H21FO5/c1-13(2)30-23-8-14-12-29-21-11-17(15-6-4-5-7-20(15)25)19(24(26)27)9-18(21)16(14)10-22(23)28-3/h4-11,13H,12H2,1-3H3,(H,26,27). The molecule has 0 fully saturated rings. The van der Waals surface area contributed by atoms with Crippen LogP contribution in [0.2, 0.25) is 0 Å². The molecule has 0 aliphatic carbocycles. The van der Waals surface area contributed by atoms with E-state index in [0.29, 0.717) is 22.8 Å². The van der Waals surface area contributed by atoms with E-state index in [2.05, 4.69) is 0 Å². The Kier molecular flexibility index (Phi) is 5.08. The number of aromatic carboxylic acids is 1. The highest BCUT2D eigenvalue weighted by atomic mass is 19.1. The van der Waals surface area contributed by atoms with Gasteiger partial charge in [0, 0.05) is 22.3 Å². The van der Waals surface area contributed by atoms with Crippen molar-refractivity contribution >= 4 is 5.97 Å². The Labute approximate surface area is 173 Å². The van der Waals surface area contributed by atoms with Crippen molar-refractivity contribution < 1.29 is 28.5 Å². The summed E-state index contributed by atoms with van der Waals surface area (Å²) in [5.74, 6) is -0.00127. The molecule has 0 unspecified atom stereocenters. The molecular weight excluding hydrogens is 387 g/mol. The number of rotatable bonds is 5. The van der Waals surface area contributed by atoms with Crippen LogP contribution in [0.15, 0.2) is 48.5 Å². The van der Waals surface area contributed by atoms with Crippen LogP contribution in [0, 0.1) is 5.82 Å². The molecule has 1 heterocycles. The monoisotopic (exact) mass is 408 g/mol. The second-order valence-electron chi connectivity index (χ2n) is 7.29. The summed E-state index contributed by atoms with van der Waals surface area (Å²) in [5.41, 5.74) is 2.75. The molecule has 0 aromatic heterocycles. The number of benzene rings is 3. The number of halogens is 1. The van der Waals surface area contributed by atoms with E-state index >= 15 is 0 Å².